The van der Waals surface area contributed by atoms with Gasteiger partial charge >= 0.3 is 11.9 Å². The van der Waals surface area contributed by atoms with E-state index in [9.17, 15) is 9.59 Å². The fourth-order valence-electron chi connectivity index (χ4n) is 1.43. The first-order valence-corrected chi connectivity index (χ1v) is 4.73. The van der Waals surface area contributed by atoms with E-state index in [2.05, 4.69) is 4.74 Å². The van der Waals surface area contributed by atoms with Crippen LogP contribution in [0.25, 0.3) is 6.08 Å². The highest BCUT2D eigenvalue weighted by Crippen LogP contribution is 2.18. The maximum absolute atomic E-state index is 11.1. The summed E-state index contributed by atoms with van der Waals surface area (Å²) in [6, 6.07) is 9.61. The number of benzene rings is 1. The summed E-state index contributed by atoms with van der Waals surface area (Å²) in [5.41, 5.74) is 1.00. The van der Waals surface area contributed by atoms with E-state index >= 15 is 0 Å². The van der Waals surface area contributed by atoms with Gasteiger partial charge in [-0.1, -0.05) is 42.5 Å². The zero-order valence-corrected chi connectivity index (χ0v) is 8.05. The molecule has 1 aromatic carbocycles. The Morgan fingerprint density at radius 1 is 1.20 bits per heavy atom. The molecule has 0 bridgehead atoms. The predicted octanol–water partition coefficient (Wildman–Crippen LogP) is 1.79. The molecule has 0 spiro atoms. The second-order valence-electron chi connectivity index (χ2n) is 3.37. The SMILES string of the molecule is O=C1C[C@@H](/C=C\c2ccccc2)C(=O)O1. The summed E-state index contributed by atoms with van der Waals surface area (Å²) in [5, 5.41) is 0. The number of hydrogen-bond donors (Lipinski definition) is 0. The summed E-state index contributed by atoms with van der Waals surface area (Å²) >= 11 is 0. The molecule has 0 amide bonds. The highest BCUT2D eigenvalue weighted by molar-refractivity contribution is 5.96. The average Bonchev–Trinajstić information content (AvgIpc) is 2.56. The van der Waals surface area contributed by atoms with E-state index in [0.29, 0.717) is 0 Å². The molecule has 3 nitrogen and oxygen atoms in total. The summed E-state index contributed by atoms with van der Waals surface area (Å²) in [7, 11) is 0. The highest BCUT2D eigenvalue weighted by Gasteiger charge is 2.30. The number of hydrogen-bond acceptors (Lipinski definition) is 3. The molecule has 0 N–H and O–H groups in total. The largest absolute Gasteiger partial charge is 0.393 e. The molecule has 1 atom stereocenters. The maximum atomic E-state index is 11.1. The lowest BCUT2D eigenvalue weighted by atomic mass is 10.1. The van der Waals surface area contributed by atoms with Gasteiger partial charge in [0.1, 0.15) is 0 Å². The van der Waals surface area contributed by atoms with Gasteiger partial charge in [-0.3, -0.25) is 9.59 Å². The lowest BCUT2D eigenvalue weighted by Crippen LogP contribution is -2.03. The molecule has 1 aromatic rings. The van der Waals surface area contributed by atoms with Crippen molar-refractivity contribution in [2.75, 3.05) is 0 Å². The molecule has 1 saturated heterocycles. The quantitative estimate of drug-likeness (QED) is 0.542. The van der Waals surface area contributed by atoms with Gasteiger partial charge in [-0.05, 0) is 5.56 Å². The van der Waals surface area contributed by atoms with Gasteiger partial charge in [0, 0.05) is 0 Å². The Balaban J connectivity index is 2.06. The topological polar surface area (TPSA) is 43.4 Å². The Hall–Kier alpha value is -1.90. The molecular formula is C12H10O3. The highest BCUT2D eigenvalue weighted by atomic mass is 16.6. The van der Waals surface area contributed by atoms with E-state index in [1.54, 1.807) is 6.08 Å². The van der Waals surface area contributed by atoms with E-state index < -0.39 is 17.9 Å². The first kappa shape index (κ1) is 9.65. The van der Waals surface area contributed by atoms with Gasteiger partial charge in [0.15, 0.2) is 0 Å². The molecule has 0 saturated carbocycles. The summed E-state index contributed by atoms with van der Waals surface area (Å²) in [6.07, 6.45) is 3.69. The fourth-order valence-corrected chi connectivity index (χ4v) is 1.43. The molecule has 1 heterocycles. The second kappa shape index (κ2) is 4.09. The summed E-state index contributed by atoms with van der Waals surface area (Å²) in [5.74, 6) is -1.31. The van der Waals surface area contributed by atoms with E-state index in [-0.39, 0.29) is 6.42 Å². The summed E-state index contributed by atoms with van der Waals surface area (Å²) < 4.78 is 4.43. The Bertz CT molecular complexity index is 406. The molecule has 15 heavy (non-hydrogen) atoms. The second-order valence-corrected chi connectivity index (χ2v) is 3.37. The molecule has 0 radical (unpaired) electrons. The zero-order valence-electron chi connectivity index (χ0n) is 8.05. The third kappa shape index (κ3) is 2.31. The number of cyclic esters (lactones) is 2. The molecule has 2 rings (SSSR count). The maximum Gasteiger partial charge on any atom is 0.321 e. The van der Waals surface area contributed by atoms with Crippen molar-refractivity contribution in [1.82, 2.24) is 0 Å². The van der Waals surface area contributed by atoms with Crippen LogP contribution in [0.2, 0.25) is 0 Å². The van der Waals surface area contributed by atoms with Crippen LogP contribution in [0.5, 0.6) is 0 Å². The van der Waals surface area contributed by atoms with Gasteiger partial charge in [0.05, 0.1) is 12.3 Å². The summed E-state index contributed by atoms with van der Waals surface area (Å²) in [6.45, 7) is 0. The molecule has 0 aromatic heterocycles. The van der Waals surface area contributed by atoms with Gasteiger partial charge in [-0.15, -0.1) is 0 Å². The van der Waals surface area contributed by atoms with Crippen molar-refractivity contribution in [2.24, 2.45) is 5.92 Å². The number of esters is 2. The first-order valence-electron chi connectivity index (χ1n) is 4.73. The van der Waals surface area contributed by atoms with Crippen LogP contribution < -0.4 is 0 Å². The van der Waals surface area contributed by atoms with Crippen LogP contribution >= 0.6 is 0 Å². The monoisotopic (exact) mass is 202 g/mol. The number of ether oxygens (including phenoxy) is 1. The van der Waals surface area contributed by atoms with E-state index in [0.717, 1.165) is 5.56 Å². The molecule has 76 valence electrons. The molecule has 1 aliphatic rings. The smallest absolute Gasteiger partial charge is 0.321 e. The van der Waals surface area contributed by atoms with Crippen molar-refractivity contribution in [1.29, 1.82) is 0 Å². The van der Waals surface area contributed by atoms with Crippen molar-refractivity contribution in [3.63, 3.8) is 0 Å². The number of rotatable bonds is 2. The minimum Gasteiger partial charge on any atom is -0.393 e. The van der Waals surface area contributed by atoms with Crippen LogP contribution in [-0.4, -0.2) is 11.9 Å². The van der Waals surface area contributed by atoms with Gasteiger partial charge in [0.2, 0.25) is 0 Å². The Labute approximate surface area is 87.4 Å². The van der Waals surface area contributed by atoms with Crippen molar-refractivity contribution in [3.05, 3.63) is 42.0 Å². The average molecular weight is 202 g/mol. The normalized spacial score (nSPS) is 20.9. The summed E-state index contributed by atoms with van der Waals surface area (Å²) in [4.78, 5) is 21.9. The van der Waals surface area contributed by atoms with Gasteiger partial charge in [0.25, 0.3) is 0 Å². The van der Waals surface area contributed by atoms with E-state index in [1.807, 2.05) is 36.4 Å². The standard InChI is InChI=1S/C12H10O3/c13-11-8-10(12(14)15-11)7-6-9-4-2-1-3-5-9/h1-7,10H,8H2/b7-6-/t10-/m1/s1. The molecule has 0 unspecified atom stereocenters. The van der Waals surface area contributed by atoms with Crippen molar-refractivity contribution in [3.8, 4) is 0 Å². The molecular weight excluding hydrogens is 192 g/mol. The van der Waals surface area contributed by atoms with Crippen LogP contribution in [0.15, 0.2) is 36.4 Å². The van der Waals surface area contributed by atoms with Crippen molar-refractivity contribution >= 4 is 18.0 Å². The lowest BCUT2D eigenvalue weighted by Gasteiger charge is -1.95. The Morgan fingerprint density at radius 3 is 2.53 bits per heavy atom. The number of carbonyl (C=O) groups excluding carboxylic acids is 2. The number of carbonyl (C=O) groups is 2. The van der Waals surface area contributed by atoms with E-state index in [4.69, 9.17) is 0 Å². The predicted molar refractivity (Wildman–Crippen MR) is 54.7 cm³/mol. The minimum atomic E-state index is -0.452. The van der Waals surface area contributed by atoms with Gasteiger partial charge in [-0.25, -0.2) is 0 Å². The van der Waals surface area contributed by atoms with Gasteiger partial charge < -0.3 is 4.74 Å². The van der Waals surface area contributed by atoms with Crippen molar-refractivity contribution < 1.29 is 14.3 Å². The van der Waals surface area contributed by atoms with Crippen LogP contribution in [0, 0.1) is 5.92 Å². The third-order valence-electron chi connectivity index (χ3n) is 2.22. The molecule has 1 aliphatic heterocycles. The molecule has 3 heteroatoms. The zero-order chi connectivity index (χ0) is 10.7. The van der Waals surface area contributed by atoms with Gasteiger partial charge in [-0.2, -0.15) is 0 Å². The van der Waals surface area contributed by atoms with Crippen LogP contribution in [0.1, 0.15) is 12.0 Å². The van der Waals surface area contributed by atoms with Crippen LogP contribution in [0.4, 0.5) is 0 Å². The third-order valence-corrected chi connectivity index (χ3v) is 2.22. The Kier molecular flexibility index (Phi) is 2.63. The molecule has 1 fully saturated rings. The fraction of sp³-hybridized carbons (Fsp3) is 0.167. The van der Waals surface area contributed by atoms with Crippen molar-refractivity contribution in [2.45, 2.75) is 6.42 Å². The van der Waals surface area contributed by atoms with E-state index in [1.165, 1.54) is 0 Å². The molecule has 0 aliphatic carbocycles. The lowest BCUT2D eigenvalue weighted by molar-refractivity contribution is -0.152. The minimum absolute atomic E-state index is 0.155. The van der Waals surface area contributed by atoms with Crippen LogP contribution in [0.3, 0.4) is 0 Å². The van der Waals surface area contributed by atoms with Crippen LogP contribution in [-0.2, 0) is 14.3 Å². The Morgan fingerprint density at radius 2 is 1.93 bits per heavy atom. The first-order chi connectivity index (χ1) is 7.25.